The van der Waals surface area contributed by atoms with E-state index in [0.29, 0.717) is 0 Å². The normalized spacial score (nSPS) is 12.7. The quantitative estimate of drug-likeness (QED) is 0.918. The van der Waals surface area contributed by atoms with Crippen LogP contribution in [0.25, 0.3) is 0 Å². The van der Waals surface area contributed by atoms with Gasteiger partial charge in [-0.25, -0.2) is 0 Å². The Hall–Kier alpha value is -1.32. The van der Waals surface area contributed by atoms with Gasteiger partial charge >= 0.3 is 0 Å². The van der Waals surface area contributed by atoms with Gasteiger partial charge in [0.1, 0.15) is 0 Å². The fourth-order valence-electron chi connectivity index (χ4n) is 2.21. The summed E-state index contributed by atoms with van der Waals surface area (Å²) in [6.07, 6.45) is 1.83. The number of aryl methyl sites for hydroxylation is 2. The maximum atomic E-state index is 6.41. The van der Waals surface area contributed by atoms with Gasteiger partial charge in [0.25, 0.3) is 0 Å². The molecular formula is C14H18ClN3. The van der Waals surface area contributed by atoms with Gasteiger partial charge in [-0.15, -0.1) is 0 Å². The molecule has 0 radical (unpaired) electrons. The molecule has 2 rings (SSSR count). The second kappa shape index (κ2) is 5.55. The summed E-state index contributed by atoms with van der Waals surface area (Å²) in [5, 5.41) is 8.45. The van der Waals surface area contributed by atoms with E-state index in [-0.39, 0.29) is 6.04 Å². The van der Waals surface area contributed by atoms with Crippen molar-refractivity contribution in [2.75, 3.05) is 7.05 Å². The Morgan fingerprint density at radius 3 is 2.83 bits per heavy atom. The second-order valence-corrected chi connectivity index (χ2v) is 4.65. The molecule has 96 valence electrons. The molecule has 0 saturated carbocycles. The predicted octanol–water partition coefficient (Wildman–Crippen LogP) is 3.17. The summed E-state index contributed by atoms with van der Waals surface area (Å²) < 4.78 is 1.99. The Morgan fingerprint density at radius 2 is 2.17 bits per heavy atom. The third kappa shape index (κ3) is 2.28. The lowest BCUT2D eigenvalue weighted by atomic mass is 10.0. The molecule has 0 aliphatic carbocycles. The van der Waals surface area contributed by atoms with E-state index < -0.39 is 0 Å². The molecule has 0 aliphatic heterocycles. The van der Waals surface area contributed by atoms with Gasteiger partial charge in [0.2, 0.25) is 0 Å². The highest BCUT2D eigenvalue weighted by Gasteiger charge is 2.19. The van der Waals surface area contributed by atoms with Crippen LogP contribution in [0, 0.1) is 6.92 Å². The van der Waals surface area contributed by atoms with Gasteiger partial charge < -0.3 is 5.32 Å². The van der Waals surface area contributed by atoms with Gasteiger partial charge in [-0.3, -0.25) is 4.68 Å². The van der Waals surface area contributed by atoms with Gasteiger partial charge in [0.15, 0.2) is 0 Å². The molecule has 0 aliphatic rings. The molecule has 18 heavy (non-hydrogen) atoms. The highest BCUT2D eigenvalue weighted by Crippen LogP contribution is 2.30. The number of benzene rings is 1. The van der Waals surface area contributed by atoms with Crippen molar-refractivity contribution in [1.29, 1.82) is 0 Å². The third-order valence-corrected chi connectivity index (χ3v) is 3.68. The minimum atomic E-state index is 0.0693. The van der Waals surface area contributed by atoms with Crippen molar-refractivity contribution in [3.05, 3.63) is 52.3 Å². The average molecular weight is 264 g/mol. The summed E-state index contributed by atoms with van der Waals surface area (Å²) in [5.41, 5.74) is 3.32. The van der Waals surface area contributed by atoms with Gasteiger partial charge in [0.05, 0.1) is 11.7 Å². The molecule has 0 spiro atoms. The monoisotopic (exact) mass is 263 g/mol. The zero-order chi connectivity index (χ0) is 13.1. The number of halogens is 1. The number of aromatic nitrogens is 2. The van der Waals surface area contributed by atoms with Crippen molar-refractivity contribution in [3.63, 3.8) is 0 Å². The van der Waals surface area contributed by atoms with Crippen LogP contribution in [0.4, 0.5) is 0 Å². The van der Waals surface area contributed by atoms with Crippen molar-refractivity contribution in [2.24, 2.45) is 0 Å². The standard InChI is InChI=1S/C14H18ClN3/c1-4-18-12(8-9-17-18)14(16-3)11-7-5-6-10(2)13(11)15/h5-9,14,16H,4H2,1-3H3. The molecular weight excluding hydrogens is 246 g/mol. The van der Waals surface area contributed by atoms with Gasteiger partial charge in [-0.1, -0.05) is 29.8 Å². The van der Waals surface area contributed by atoms with E-state index in [0.717, 1.165) is 28.4 Å². The first-order valence-corrected chi connectivity index (χ1v) is 6.50. The van der Waals surface area contributed by atoms with E-state index in [9.17, 15) is 0 Å². The maximum Gasteiger partial charge on any atom is 0.0760 e. The summed E-state index contributed by atoms with van der Waals surface area (Å²) in [6, 6.07) is 8.22. The van der Waals surface area contributed by atoms with Gasteiger partial charge in [0, 0.05) is 17.8 Å². The highest BCUT2D eigenvalue weighted by molar-refractivity contribution is 6.32. The van der Waals surface area contributed by atoms with Crippen LogP contribution in [0.15, 0.2) is 30.5 Å². The highest BCUT2D eigenvalue weighted by atomic mass is 35.5. The smallest absolute Gasteiger partial charge is 0.0760 e. The van der Waals surface area contributed by atoms with Crippen LogP contribution in [-0.2, 0) is 6.54 Å². The van der Waals surface area contributed by atoms with Crippen molar-refractivity contribution >= 4 is 11.6 Å². The van der Waals surface area contributed by atoms with E-state index in [4.69, 9.17) is 11.6 Å². The van der Waals surface area contributed by atoms with Crippen LogP contribution in [0.2, 0.25) is 5.02 Å². The van der Waals surface area contributed by atoms with Crippen LogP contribution in [0.1, 0.15) is 29.8 Å². The Morgan fingerprint density at radius 1 is 1.39 bits per heavy atom. The first-order valence-electron chi connectivity index (χ1n) is 6.13. The molecule has 0 amide bonds. The molecule has 0 fully saturated rings. The topological polar surface area (TPSA) is 29.9 Å². The molecule has 1 unspecified atom stereocenters. The number of nitrogens with one attached hydrogen (secondary N) is 1. The second-order valence-electron chi connectivity index (χ2n) is 4.27. The van der Waals surface area contributed by atoms with E-state index in [1.165, 1.54) is 0 Å². The Kier molecular flexibility index (Phi) is 4.04. The van der Waals surface area contributed by atoms with Gasteiger partial charge in [-0.2, -0.15) is 5.10 Å². The molecule has 4 heteroatoms. The molecule has 3 nitrogen and oxygen atoms in total. The lowest BCUT2D eigenvalue weighted by Crippen LogP contribution is -2.21. The zero-order valence-electron chi connectivity index (χ0n) is 10.9. The van der Waals surface area contributed by atoms with E-state index in [2.05, 4.69) is 23.4 Å². The first kappa shape index (κ1) is 13.1. The molecule has 1 N–H and O–H groups in total. The van der Waals surface area contributed by atoms with Gasteiger partial charge in [-0.05, 0) is 38.1 Å². The zero-order valence-corrected chi connectivity index (χ0v) is 11.7. The molecule has 0 bridgehead atoms. The average Bonchev–Trinajstić information content (AvgIpc) is 2.83. The van der Waals surface area contributed by atoms with Crippen LogP contribution >= 0.6 is 11.6 Å². The number of hydrogen-bond donors (Lipinski definition) is 1. The summed E-state index contributed by atoms with van der Waals surface area (Å²) in [4.78, 5) is 0. The Labute approximate surface area is 113 Å². The van der Waals surface area contributed by atoms with Crippen molar-refractivity contribution in [2.45, 2.75) is 26.4 Å². The minimum absolute atomic E-state index is 0.0693. The fraction of sp³-hybridized carbons (Fsp3) is 0.357. The largest absolute Gasteiger partial charge is 0.308 e. The molecule has 1 aromatic heterocycles. The van der Waals surface area contributed by atoms with Crippen molar-refractivity contribution in [3.8, 4) is 0 Å². The van der Waals surface area contributed by atoms with Crippen molar-refractivity contribution < 1.29 is 0 Å². The molecule has 2 aromatic rings. The SMILES string of the molecule is CCn1nccc1C(NC)c1cccc(C)c1Cl. The molecule has 1 aromatic carbocycles. The number of rotatable bonds is 4. The van der Waals surface area contributed by atoms with Crippen LogP contribution in [0.3, 0.4) is 0 Å². The molecule has 1 heterocycles. The van der Waals surface area contributed by atoms with E-state index >= 15 is 0 Å². The molecule has 1 atom stereocenters. The lowest BCUT2D eigenvalue weighted by Gasteiger charge is -2.20. The fourth-order valence-corrected chi connectivity index (χ4v) is 2.44. The maximum absolute atomic E-state index is 6.41. The van der Waals surface area contributed by atoms with Crippen LogP contribution < -0.4 is 5.32 Å². The molecule has 0 saturated heterocycles. The number of hydrogen-bond acceptors (Lipinski definition) is 2. The number of nitrogens with zero attached hydrogens (tertiary/aromatic N) is 2. The minimum Gasteiger partial charge on any atom is -0.308 e. The summed E-state index contributed by atoms with van der Waals surface area (Å²) in [6.45, 7) is 4.96. The van der Waals surface area contributed by atoms with Crippen molar-refractivity contribution in [1.82, 2.24) is 15.1 Å². The Balaban J connectivity index is 2.49. The summed E-state index contributed by atoms with van der Waals surface area (Å²) in [7, 11) is 1.94. The summed E-state index contributed by atoms with van der Waals surface area (Å²) in [5.74, 6) is 0. The van der Waals surface area contributed by atoms with Crippen LogP contribution in [0.5, 0.6) is 0 Å². The third-order valence-electron chi connectivity index (χ3n) is 3.17. The van der Waals surface area contributed by atoms with E-state index in [1.54, 1.807) is 0 Å². The summed E-state index contributed by atoms with van der Waals surface area (Å²) >= 11 is 6.41. The Bertz CT molecular complexity index is 534. The van der Waals surface area contributed by atoms with E-state index in [1.807, 2.05) is 43.0 Å². The lowest BCUT2D eigenvalue weighted by molar-refractivity contribution is 0.563. The first-order chi connectivity index (χ1) is 8.69. The van der Waals surface area contributed by atoms with Crippen LogP contribution in [-0.4, -0.2) is 16.8 Å². The predicted molar refractivity (Wildman–Crippen MR) is 75.0 cm³/mol.